The molecule has 2 aromatic rings. The summed E-state index contributed by atoms with van der Waals surface area (Å²) in [5.41, 5.74) is -3.21. The molecule has 9 heteroatoms. The van der Waals surface area contributed by atoms with Gasteiger partial charge in [0.25, 0.3) is 0 Å². The zero-order valence-corrected chi connectivity index (χ0v) is 10.6. The van der Waals surface area contributed by atoms with Crippen LogP contribution in [0, 0.1) is 0 Å². The first-order valence-electron chi connectivity index (χ1n) is 5.61. The number of hydrogen-bond donors (Lipinski definition) is 2. The van der Waals surface area contributed by atoms with Gasteiger partial charge in [-0.05, 0) is 12.1 Å². The van der Waals surface area contributed by atoms with E-state index in [1.807, 2.05) is 13.8 Å². The van der Waals surface area contributed by atoms with Gasteiger partial charge in [0.1, 0.15) is 11.4 Å². The van der Waals surface area contributed by atoms with Crippen molar-refractivity contribution in [2.45, 2.75) is 20.0 Å². The Balaban J connectivity index is 0.000000956. The van der Waals surface area contributed by atoms with Crippen LogP contribution in [0.1, 0.15) is 19.5 Å². The van der Waals surface area contributed by atoms with Crippen LogP contribution >= 0.6 is 0 Å². The Morgan fingerprint density at radius 3 is 2.25 bits per heavy atom. The lowest BCUT2D eigenvalue weighted by Gasteiger charge is -2.06. The highest BCUT2D eigenvalue weighted by Crippen LogP contribution is 2.28. The van der Waals surface area contributed by atoms with E-state index in [2.05, 4.69) is 15.0 Å². The molecule has 0 unspecified atom stereocenters. The van der Waals surface area contributed by atoms with E-state index in [9.17, 15) is 22.8 Å². The molecule has 0 aromatic carbocycles. The van der Waals surface area contributed by atoms with Crippen LogP contribution in [0.3, 0.4) is 0 Å². The fourth-order valence-corrected chi connectivity index (χ4v) is 1.24. The lowest BCUT2D eigenvalue weighted by molar-refractivity contribution is -0.141. The lowest BCUT2D eigenvalue weighted by atomic mass is 10.3. The van der Waals surface area contributed by atoms with Crippen molar-refractivity contribution in [2.24, 2.45) is 0 Å². The SMILES string of the molecule is CC.O=c1nc(-c2cccc(C(F)(F)F)n2)[nH]c(=O)[nH]1. The summed E-state index contributed by atoms with van der Waals surface area (Å²) in [6, 6.07) is 3.08. The minimum atomic E-state index is -4.61. The molecule has 2 rings (SSSR count). The summed E-state index contributed by atoms with van der Waals surface area (Å²) >= 11 is 0. The van der Waals surface area contributed by atoms with E-state index in [-0.39, 0.29) is 11.5 Å². The average Bonchev–Trinajstić information content (AvgIpc) is 2.39. The third kappa shape index (κ3) is 3.77. The van der Waals surface area contributed by atoms with E-state index in [0.29, 0.717) is 0 Å². The standard InChI is InChI=1S/C9H5F3N4O2.C2H6/c10-9(11,12)5-3-1-2-4(13-5)6-14-7(17)16-8(18)15-6;1-2/h1-3H,(H2,14,15,16,17,18);1-2H3. The minimum absolute atomic E-state index is 0.243. The molecule has 0 amide bonds. The van der Waals surface area contributed by atoms with Gasteiger partial charge in [0.2, 0.25) is 0 Å². The maximum Gasteiger partial charge on any atom is 0.433 e. The number of aromatic nitrogens is 4. The Labute approximate surface area is 110 Å². The smallest absolute Gasteiger partial charge is 0.290 e. The zero-order valence-electron chi connectivity index (χ0n) is 10.6. The van der Waals surface area contributed by atoms with Crippen molar-refractivity contribution in [2.75, 3.05) is 0 Å². The van der Waals surface area contributed by atoms with Gasteiger partial charge in [0.05, 0.1) is 0 Å². The van der Waals surface area contributed by atoms with Crippen molar-refractivity contribution in [3.05, 3.63) is 44.9 Å². The number of alkyl halides is 3. The molecule has 0 atom stereocenters. The van der Waals surface area contributed by atoms with Gasteiger partial charge in [-0.25, -0.2) is 14.6 Å². The van der Waals surface area contributed by atoms with Gasteiger partial charge < -0.3 is 0 Å². The molecule has 0 saturated carbocycles. The quantitative estimate of drug-likeness (QED) is 0.833. The van der Waals surface area contributed by atoms with Crippen LogP contribution in [0.4, 0.5) is 13.2 Å². The summed E-state index contributed by atoms with van der Waals surface area (Å²) in [5.74, 6) is -0.324. The van der Waals surface area contributed by atoms with Gasteiger partial charge in [-0.1, -0.05) is 19.9 Å². The highest BCUT2D eigenvalue weighted by atomic mass is 19.4. The molecule has 0 fully saturated rings. The first kappa shape index (κ1) is 15.6. The van der Waals surface area contributed by atoms with Gasteiger partial charge in [0, 0.05) is 0 Å². The van der Waals surface area contributed by atoms with Crippen LogP contribution in [0.5, 0.6) is 0 Å². The summed E-state index contributed by atoms with van der Waals surface area (Å²) in [6.07, 6.45) is -4.61. The summed E-state index contributed by atoms with van der Waals surface area (Å²) in [7, 11) is 0. The van der Waals surface area contributed by atoms with E-state index in [4.69, 9.17) is 0 Å². The number of nitrogens with zero attached hydrogens (tertiary/aromatic N) is 2. The Morgan fingerprint density at radius 1 is 1.05 bits per heavy atom. The maximum atomic E-state index is 12.4. The van der Waals surface area contributed by atoms with E-state index in [1.165, 1.54) is 6.07 Å². The predicted molar refractivity (Wildman–Crippen MR) is 65.1 cm³/mol. The summed E-state index contributed by atoms with van der Waals surface area (Å²) in [4.78, 5) is 32.4. The number of aromatic amines is 2. The molecular formula is C11H11F3N4O2. The van der Waals surface area contributed by atoms with Crippen LogP contribution < -0.4 is 11.4 Å². The summed E-state index contributed by atoms with van der Waals surface area (Å²) in [5, 5.41) is 0. The molecule has 2 N–H and O–H groups in total. The molecule has 0 spiro atoms. The normalized spacial score (nSPS) is 10.7. The Kier molecular flexibility index (Phi) is 4.78. The van der Waals surface area contributed by atoms with Gasteiger partial charge in [-0.15, -0.1) is 0 Å². The molecular weight excluding hydrogens is 277 g/mol. The van der Waals surface area contributed by atoms with Gasteiger partial charge in [-0.3, -0.25) is 9.97 Å². The third-order valence-corrected chi connectivity index (χ3v) is 1.95. The van der Waals surface area contributed by atoms with Crippen LogP contribution in [0.2, 0.25) is 0 Å². The second-order valence-corrected chi connectivity index (χ2v) is 3.25. The molecule has 6 nitrogen and oxygen atoms in total. The topological polar surface area (TPSA) is 91.5 Å². The fraction of sp³-hybridized carbons (Fsp3) is 0.273. The summed E-state index contributed by atoms with van der Waals surface area (Å²) < 4.78 is 37.3. The van der Waals surface area contributed by atoms with E-state index < -0.39 is 23.2 Å². The second-order valence-electron chi connectivity index (χ2n) is 3.25. The van der Waals surface area contributed by atoms with Gasteiger partial charge in [-0.2, -0.15) is 18.2 Å². The Bertz CT molecular complexity index is 663. The van der Waals surface area contributed by atoms with Gasteiger partial charge >= 0.3 is 17.6 Å². The first-order chi connectivity index (χ1) is 9.36. The third-order valence-electron chi connectivity index (χ3n) is 1.95. The molecule has 0 bridgehead atoms. The van der Waals surface area contributed by atoms with Crippen molar-refractivity contribution >= 4 is 0 Å². The monoisotopic (exact) mass is 288 g/mol. The van der Waals surface area contributed by atoms with Gasteiger partial charge in [0.15, 0.2) is 5.82 Å². The zero-order chi connectivity index (χ0) is 15.3. The van der Waals surface area contributed by atoms with E-state index in [0.717, 1.165) is 12.1 Å². The molecule has 0 saturated heterocycles. The van der Waals surface area contributed by atoms with Crippen LogP contribution in [-0.4, -0.2) is 19.9 Å². The van der Waals surface area contributed by atoms with Crippen molar-refractivity contribution < 1.29 is 13.2 Å². The predicted octanol–water partition coefficient (Wildman–Crippen LogP) is 1.57. The molecule has 0 aliphatic rings. The number of hydrogen-bond acceptors (Lipinski definition) is 4. The average molecular weight is 288 g/mol. The molecule has 0 aliphatic heterocycles. The van der Waals surface area contributed by atoms with Crippen molar-refractivity contribution in [1.29, 1.82) is 0 Å². The van der Waals surface area contributed by atoms with E-state index in [1.54, 1.807) is 4.98 Å². The van der Waals surface area contributed by atoms with Crippen LogP contribution in [0.25, 0.3) is 11.5 Å². The minimum Gasteiger partial charge on any atom is -0.290 e. The van der Waals surface area contributed by atoms with Crippen molar-refractivity contribution in [1.82, 2.24) is 19.9 Å². The largest absolute Gasteiger partial charge is 0.433 e. The molecule has 0 aliphatic carbocycles. The number of nitrogens with one attached hydrogen (secondary N) is 2. The first-order valence-corrected chi connectivity index (χ1v) is 5.61. The van der Waals surface area contributed by atoms with Crippen LogP contribution in [0.15, 0.2) is 27.8 Å². The number of H-pyrrole nitrogens is 2. The second kappa shape index (κ2) is 6.13. The molecule has 2 heterocycles. The summed E-state index contributed by atoms with van der Waals surface area (Å²) in [6.45, 7) is 4.00. The Hall–Kier alpha value is -2.45. The highest BCUT2D eigenvalue weighted by Gasteiger charge is 2.32. The molecule has 2 aromatic heterocycles. The maximum absolute atomic E-state index is 12.4. The fourth-order valence-electron chi connectivity index (χ4n) is 1.24. The highest BCUT2D eigenvalue weighted by molar-refractivity contribution is 5.48. The number of rotatable bonds is 1. The lowest BCUT2D eigenvalue weighted by Crippen LogP contribution is -2.25. The molecule has 20 heavy (non-hydrogen) atoms. The Morgan fingerprint density at radius 2 is 1.70 bits per heavy atom. The van der Waals surface area contributed by atoms with Crippen LogP contribution in [-0.2, 0) is 6.18 Å². The molecule has 0 radical (unpaired) electrons. The van der Waals surface area contributed by atoms with E-state index >= 15 is 0 Å². The van der Waals surface area contributed by atoms with Crippen molar-refractivity contribution in [3.63, 3.8) is 0 Å². The molecule has 108 valence electrons. The number of pyridine rings is 1. The number of halogens is 3. The van der Waals surface area contributed by atoms with Crippen molar-refractivity contribution in [3.8, 4) is 11.5 Å².